The molecule has 1 heterocycles. The summed E-state index contributed by atoms with van der Waals surface area (Å²) < 4.78 is 10.1. The van der Waals surface area contributed by atoms with Gasteiger partial charge >= 0.3 is 5.97 Å². The molecular weight excluding hydrogens is 282 g/mol. The number of carbonyl (C=O) groups excluding carboxylic acids is 2. The fourth-order valence-electron chi connectivity index (χ4n) is 2.24. The largest absolute Gasteiger partial charge is 0.460 e. The fraction of sp³-hybridized carbons (Fsp3) is 0.412. The van der Waals surface area contributed by atoms with Crippen LogP contribution < -0.4 is 4.90 Å². The molecule has 0 saturated carbocycles. The van der Waals surface area contributed by atoms with Crippen molar-refractivity contribution in [1.29, 1.82) is 0 Å². The van der Waals surface area contributed by atoms with Gasteiger partial charge in [0.05, 0.1) is 6.61 Å². The molecule has 1 aromatic rings. The minimum atomic E-state index is -0.390. The molecule has 1 aliphatic heterocycles. The zero-order valence-corrected chi connectivity index (χ0v) is 12.8. The molecule has 1 fully saturated rings. The molecular formula is C17H21NO4. The highest BCUT2D eigenvalue weighted by atomic mass is 16.6. The molecule has 0 spiro atoms. The van der Waals surface area contributed by atoms with E-state index >= 15 is 0 Å². The van der Waals surface area contributed by atoms with E-state index in [0.717, 1.165) is 24.2 Å². The van der Waals surface area contributed by atoms with Gasteiger partial charge in [0.2, 0.25) is 5.91 Å². The van der Waals surface area contributed by atoms with E-state index in [1.807, 2.05) is 31.2 Å². The Bertz CT molecular complexity index is 536. The number of amides is 1. The number of rotatable bonds is 7. The highest BCUT2D eigenvalue weighted by molar-refractivity contribution is 5.95. The van der Waals surface area contributed by atoms with Crippen molar-refractivity contribution in [3.63, 3.8) is 0 Å². The van der Waals surface area contributed by atoms with Crippen molar-refractivity contribution >= 4 is 23.6 Å². The summed E-state index contributed by atoms with van der Waals surface area (Å²) in [5.74, 6) is -0.223. The third-order valence-electron chi connectivity index (χ3n) is 3.37. The molecule has 0 aliphatic carbocycles. The van der Waals surface area contributed by atoms with Crippen LogP contribution >= 0.6 is 0 Å². The van der Waals surface area contributed by atoms with E-state index < -0.39 is 5.97 Å². The second kappa shape index (κ2) is 8.34. The molecule has 22 heavy (non-hydrogen) atoms. The average molecular weight is 303 g/mol. The summed E-state index contributed by atoms with van der Waals surface area (Å²) in [6, 6.07) is 7.54. The van der Waals surface area contributed by atoms with E-state index in [1.54, 1.807) is 11.0 Å². The van der Waals surface area contributed by atoms with Gasteiger partial charge in [0.25, 0.3) is 0 Å². The molecule has 1 saturated heterocycles. The first-order chi connectivity index (χ1) is 10.7. The molecule has 0 unspecified atom stereocenters. The van der Waals surface area contributed by atoms with Crippen molar-refractivity contribution in [2.45, 2.75) is 19.8 Å². The van der Waals surface area contributed by atoms with E-state index in [9.17, 15) is 9.59 Å². The van der Waals surface area contributed by atoms with Crippen LogP contribution in [0.3, 0.4) is 0 Å². The molecule has 5 nitrogen and oxygen atoms in total. The predicted octanol–water partition coefficient (Wildman–Crippen LogP) is 2.41. The first-order valence-electron chi connectivity index (χ1n) is 7.53. The van der Waals surface area contributed by atoms with Crippen molar-refractivity contribution in [2.24, 2.45) is 0 Å². The zero-order valence-electron chi connectivity index (χ0n) is 12.8. The van der Waals surface area contributed by atoms with Gasteiger partial charge in [-0.2, -0.15) is 0 Å². The first-order valence-corrected chi connectivity index (χ1v) is 7.53. The lowest BCUT2D eigenvalue weighted by atomic mass is 10.2. The maximum Gasteiger partial charge on any atom is 0.330 e. The van der Waals surface area contributed by atoms with Crippen molar-refractivity contribution in [3.05, 3.63) is 35.9 Å². The summed E-state index contributed by atoms with van der Waals surface area (Å²) in [4.78, 5) is 24.9. The SMILES string of the molecule is CCOCCOC(=O)/C=C/c1ccc(N2CCCC2=O)cc1. The third-order valence-corrected chi connectivity index (χ3v) is 3.37. The predicted molar refractivity (Wildman–Crippen MR) is 84.5 cm³/mol. The number of nitrogens with zero attached hydrogens (tertiary/aromatic N) is 1. The molecule has 0 radical (unpaired) electrons. The Labute approximate surface area is 130 Å². The molecule has 0 N–H and O–H groups in total. The van der Waals surface area contributed by atoms with E-state index in [1.165, 1.54) is 6.08 Å². The summed E-state index contributed by atoms with van der Waals surface area (Å²) in [6.45, 7) is 3.95. The lowest BCUT2D eigenvalue weighted by molar-refractivity contribution is -0.139. The quantitative estimate of drug-likeness (QED) is 0.441. The van der Waals surface area contributed by atoms with Crippen LogP contribution in [0.15, 0.2) is 30.3 Å². The summed E-state index contributed by atoms with van der Waals surface area (Å²) >= 11 is 0. The minimum absolute atomic E-state index is 0.168. The van der Waals surface area contributed by atoms with Gasteiger partial charge in [-0.15, -0.1) is 0 Å². The van der Waals surface area contributed by atoms with Gasteiger partial charge in [-0.1, -0.05) is 12.1 Å². The summed E-state index contributed by atoms with van der Waals surface area (Å²) in [6.07, 6.45) is 4.61. The van der Waals surface area contributed by atoms with Gasteiger partial charge in [-0.05, 0) is 37.1 Å². The lowest BCUT2D eigenvalue weighted by Gasteiger charge is -2.15. The average Bonchev–Trinajstić information content (AvgIpc) is 2.96. The van der Waals surface area contributed by atoms with Crippen LogP contribution in [0.2, 0.25) is 0 Å². The van der Waals surface area contributed by atoms with Crippen LogP contribution in [-0.4, -0.2) is 38.2 Å². The molecule has 2 rings (SSSR count). The molecule has 1 aliphatic rings. The number of benzene rings is 1. The second-order valence-electron chi connectivity index (χ2n) is 4.94. The number of hydrogen-bond acceptors (Lipinski definition) is 4. The van der Waals surface area contributed by atoms with Crippen molar-refractivity contribution in [3.8, 4) is 0 Å². The number of ether oxygens (including phenoxy) is 2. The van der Waals surface area contributed by atoms with E-state index in [4.69, 9.17) is 9.47 Å². The van der Waals surface area contributed by atoms with Crippen LogP contribution in [0.1, 0.15) is 25.3 Å². The molecule has 1 aromatic carbocycles. The normalized spacial score (nSPS) is 14.8. The minimum Gasteiger partial charge on any atom is -0.460 e. The van der Waals surface area contributed by atoms with E-state index in [-0.39, 0.29) is 12.5 Å². The first kappa shape index (κ1) is 16.2. The van der Waals surface area contributed by atoms with E-state index in [0.29, 0.717) is 19.6 Å². The summed E-state index contributed by atoms with van der Waals surface area (Å²) in [7, 11) is 0. The molecule has 0 aromatic heterocycles. The molecule has 5 heteroatoms. The van der Waals surface area contributed by atoms with E-state index in [2.05, 4.69) is 0 Å². The Morgan fingerprint density at radius 1 is 1.27 bits per heavy atom. The van der Waals surface area contributed by atoms with Gasteiger partial charge in [0, 0.05) is 31.3 Å². The monoisotopic (exact) mass is 303 g/mol. The second-order valence-corrected chi connectivity index (χ2v) is 4.94. The molecule has 0 bridgehead atoms. The topological polar surface area (TPSA) is 55.8 Å². The molecule has 1 amide bonds. The Morgan fingerprint density at radius 2 is 2.05 bits per heavy atom. The summed E-state index contributed by atoms with van der Waals surface area (Å²) in [5.41, 5.74) is 1.79. The van der Waals surface area contributed by atoms with Gasteiger partial charge in [0.15, 0.2) is 0 Å². The van der Waals surface area contributed by atoms with Gasteiger partial charge in [-0.25, -0.2) is 4.79 Å². The van der Waals surface area contributed by atoms with Crippen LogP contribution in [0, 0.1) is 0 Å². The lowest BCUT2D eigenvalue weighted by Crippen LogP contribution is -2.23. The van der Waals surface area contributed by atoms with Gasteiger partial charge < -0.3 is 14.4 Å². The smallest absolute Gasteiger partial charge is 0.330 e. The highest BCUT2D eigenvalue weighted by Gasteiger charge is 2.21. The zero-order chi connectivity index (χ0) is 15.8. The van der Waals surface area contributed by atoms with Crippen molar-refractivity contribution < 1.29 is 19.1 Å². The number of hydrogen-bond donors (Lipinski definition) is 0. The Kier molecular flexibility index (Phi) is 6.15. The number of carbonyl (C=O) groups is 2. The van der Waals surface area contributed by atoms with Crippen LogP contribution in [-0.2, 0) is 19.1 Å². The highest BCUT2D eigenvalue weighted by Crippen LogP contribution is 2.21. The maximum atomic E-state index is 11.7. The third kappa shape index (κ3) is 4.70. The van der Waals surface area contributed by atoms with Crippen LogP contribution in [0.5, 0.6) is 0 Å². The summed E-state index contributed by atoms with van der Waals surface area (Å²) in [5, 5.41) is 0. The van der Waals surface area contributed by atoms with Crippen LogP contribution in [0.25, 0.3) is 6.08 Å². The van der Waals surface area contributed by atoms with Crippen LogP contribution in [0.4, 0.5) is 5.69 Å². The van der Waals surface area contributed by atoms with Gasteiger partial charge in [0.1, 0.15) is 6.61 Å². The Balaban J connectivity index is 1.84. The fourth-order valence-corrected chi connectivity index (χ4v) is 2.24. The van der Waals surface area contributed by atoms with Gasteiger partial charge in [-0.3, -0.25) is 4.79 Å². The van der Waals surface area contributed by atoms with Crippen molar-refractivity contribution in [1.82, 2.24) is 0 Å². The van der Waals surface area contributed by atoms with Crippen molar-refractivity contribution in [2.75, 3.05) is 31.3 Å². The standard InChI is InChI=1S/C17H21NO4/c1-2-21-12-13-22-17(20)10-7-14-5-8-15(9-6-14)18-11-3-4-16(18)19/h5-10H,2-4,11-13H2,1H3/b10-7+. The number of esters is 1. The molecule has 0 atom stereocenters. The number of anilines is 1. The molecule has 118 valence electrons. The Hall–Kier alpha value is -2.14. The maximum absolute atomic E-state index is 11.7. The Morgan fingerprint density at radius 3 is 2.68 bits per heavy atom.